The zero-order valence-corrected chi connectivity index (χ0v) is 17.8. The van der Waals surface area contributed by atoms with Crippen LogP contribution in [0.1, 0.15) is 33.3 Å². The molecule has 0 radical (unpaired) electrons. The van der Waals surface area contributed by atoms with Gasteiger partial charge in [-0.25, -0.2) is 0 Å². The predicted molar refractivity (Wildman–Crippen MR) is 125 cm³/mol. The van der Waals surface area contributed by atoms with E-state index in [1.807, 2.05) is 59.3 Å². The van der Waals surface area contributed by atoms with E-state index in [-0.39, 0.29) is 12.3 Å². The van der Waals surface area contributed by atoms with E-state index in [1.54, 1.807) is 6.07 Å². The molecule has 2 atom stereocenters. The second-order valence-electron chi connectivity index (χ2n) is 7.99. The Morgan fingerprint density at radius 2 is 1.97 bits per heavy atom. The molecule has 0 saturated carbocycles. The van der Waals surface area contributed by atoms with Crippen LogP contribution in [0.4, 0.5) is 0 Å². The molecule has 2 aromatic heterocycles. The third-order valence-corrected chi connectivity index (χ3v) is 5.87. The lowest BCUT2D eigenvalue weighted by Gasteiger charge is -2.36. The van der Waals surface area contributed by atoms with Crippen LogP contribution in [0.25, 0.3) is 5.52 Å². The third kappa shape index (κ3) is 3.68. The van der Waals surface area contributed by atoms with E-state index in [0.717, 1.165) is 34.6 Å². The fraction of sp³-hybridized carbons (Fsp3) is 0.160. The first-order valence-electron chi connectivity index (χ1n) is 10.7. The molecule has 2 unspecified atom stereocenters. The number of benzene rings is 1. The molecule has 0 saturated heterocycles. The van der Waals surface area contributed by atoms with Crippen molar-refractivity contribution in [2.75, 3.05) is 0 Å². The Bertz CT molecular complexity index is 1250. The highest BCUT2D eigenvalue weighted by molar-refractivity contribution is 5.92. The van der Waals surface area contributed by atoms with Gasteiger partial charge in [0.1, 0.15) is 18.0 Å². The van der Waals surface area contributed by atoms with Crippen molar-refractivity contribution in [3.05, 3.63) is 113 Å². The Morgan fingerprint density at radius 1 is 1.12 bits per heavy atom. The molecule has 0 spiro atoms. The Balaban J connectivity index is 1.52. The number of aryl methyl sites for hydroxylation is 1. The average molecular weight is 427 g/mol. The summed E-state index contributed by atoms with van der Waals surface area (Å²) in [6, 6.07) is 16.0. The topological polar surface area (TPSA) is 95.6 Å². The normalized spacial score (nSPS) is 19.9. The van der Waals surface area contributed by atoms with Gasteiger partial charge in [0.15, 0.2) is 0 Å². The number of primary amides is 1. The quantitative estimate of drug-likeness (QED) is 0.432. The Kier molecular flexibility index (Phi) is 5.26. The fourth-order valence-electron chi connectivity index (χ4n) is 4.38. The van der Waals surface area contributed by atoms with Gasteiger partial charge in [-0.3, -0.25) is 15.4 Å². The van der Waals surface area contributed by atoms with Crippen LogP contribution in [-0.2, 0) is 6.54 Å². The van der Waals surface area contributed by atoms with Crippen LogP contribution in [0.5, 0.6) is 0 Å². The SMILES string of the molecule is Cc1cn2c(C(N)=O)cccc2c1C1NC2=C(NC=CC=C2)C(NCc2ccccc2)N1. The summed E-state index contributed by atoms with van der Waals surface area (Å²) in [5, 5.41) is 14.3. The number of amides is 1. The van der Waals surface area contributed by atoms with Crippen LogP contribution < -0.4 is 27.0 Å². The van der Waals surface area contributed by atoms with Gasteiger partial charge in [-0.15, -0.1) is 0 Å². The molecule has 162 valence electrons. The van der Waals surface area contributed by atoms with Gasteiger partial charge < -0.3 is 20.8 Å². The maximum Gasteiger partial charge on any atom is 0.265 e. The minimum atomic E-state index is -0.448. The molecule has 7 nitrogen and oxygen atoms in total. The first-order valence-corrected chi connectivity index (χ1v) is 10.7. The van der Waals surface area contributed by atoms with Gasteiger partial charge in [0.05, 0.1) is 16.9 Å². The molecule has 0 bridgehead atoms. The summed E-state index contributed by atoms with van der Waals surface area (Å²) in [4.78, 5) is 11.9. The molecular weight excluding hydrogens is 400 g/mol. The molecule has 4 heterocycles. The number of carbonyl (C=O) groups is 1. The van der Waals surface area contributed by atoms with Crippen LogP contribution >= 0.6 is 0 Å². The van der Waals surface area contributed by atoms with Crippen molar-refractivity contribution in [1.82, 2.24) is 25.7 Å². The van der Waals surface area contributed by atoms with E-state index in [0.29, 0.717) is 5.69 Å². The molecule has 2 aliphatic heterocycles. The Hall–Kier alpha value is -3.81. The number of rotatable bonds is 5. The number of carbonyl (C=O) groups excluding carboxylic acids is 1. The number of aromatic nitrogens is 1. The summed E-state index contributed by atoms with van der Waals surface area (Å²) >= 11 is 0. The molecule has 6 N–H and O–H groups in total. The minimum absolute atomic E-state index is 0.113. The van der Waals surface area contributed by atoms with E-state index in [2.05, 4.69) is 46.4 Å². The van der Waals surface area contributed by atoms with Gasteiger partial charge >= 0.3 is 0 Å². The smallest absolute Gasteiger partial charge is 0.265 e. The van der Waals surface area contributed by atoms with Gasteiger partial charge in [-0.05, 0) is 42.3 Å². The standard InChI is InChI=1S/C25H26N6O/c1-16-15-31-19(11-7-12-20(31)23(26)32)21(16)24-29-18-10-5-6-13-27-22(18)25(30-24)28-14-17-8-3-2-4-9-17/h2-13,15,24-25,27-30H,14H2,1H3,(H2,26,32). The first-order chi connectivity index (χ1) is 15.6. The summed E-state index contributed by atoms with van der Waals surface area (Å²) < 4.78 is 1.87. The summed E-state index contributed by atoms with van der Waals surface area (Å²) in [6.45, 7) is 2.77. The van der Waals surface area contributed by atoms with Crippen LogP contribution in [0.2, 0.25) is 0 Å². The second kappa shape index (κ2) is 8.37. The number of pyridine rings is 1. The van der Waals surface area contributed by atoms with E-state index in [4.69, 9.17) is 5.73 Å². The van der Waals surface area contributed by atoms with E-state index < -0.39 is 5.91 Å². The predicted octanol–water partition coefficient (Wildman–Crippen LogP) is 2.54. The fourth-order valence-corrected chi connectivity index (χ4v) is 4.38. The van der Waals surface area contributed by atoms with Gasteiger partial charge in [0.25, 0.3) is 5.91 Å². The largest absolute Gasteiger partial charge is 0.364 e. The van der Waals surface area contributed by atoms with Crippen molar-refractivity contribution in [2.45, 2.75) is 25.8 Å². The Labute approximate surface area is 186 Å². The van der Waals surface area contributed by atoms with Gasteiger partial charge in [-0.1, -0.05) is 42.5 Å². The lowest BCUT2D eigenvalue weighted by molar-refractivity contribution is 0.0994. The second-order valence-corrected chi connectivity index (χ2v) is 7.99. The lowest BCUT2D eigenvalue weighted by Crippen LogP contribution is -2.55. The van der Waals surface area contributed by atoms with E-state index >= 15 is 0 Å². The number of fused-ring (bicyclic) bond motifs is 1. The van der Waals surface area contributed by atoms with Crippen LogP contribution in [-0.4, -0.2) is 16.5 Å². The highest BCUT2D eigenvalue weighted by Gasteiger charge is 2.30. The van der Waals surface area contributed by atoms with Crippen molar-refractivity contribution < 1.29 is 4.79 Å². The van der Waals surface area contributed by atoms with Crippen molar-refractivity contribution in [1.29, 1.82) is 0 Å². The zero-order chi connectivity index (χ0) is 22.1. The van der Waals surface area contributed by atoms with E-state index in [9.17, 15) is 4.79 Å². The summed E-state index contributed by atoms with van der Waals surface area (Å²) in [6.07, 6.45) is 9.66. The molecule has 32 heavy (non-hydrogen) atoms. The van der Waals surface area contributed by atoms with Crippen molar-refractivity contribution in [2.24, 2.45) is 5.73 Å². The van der Waals surface area contributed by atoms with Crippen LogP contribution in [0.15, 0.2) is 90.5 Å². The van der Waals surface area contributed by atoms with Crippen LogP contribution in [0, 0.1) is 6.92 Å². The van der Waals surface area contributed by atoms with Crippen molar-refractivity contribution in [3.8, 4) is 0 Å². The Morgan fingerprint density at radius 3 is 2.78 bits per heavy atom. The lowest BCUT2D eigenvalue weighted by atomic mass is 10.1. The molecule has 0 aliphatic carbocycles. The molecule has 2 aliphatic rings. The number of hydrogen-bond donors (Lipinski definition) is 5. The van der Waals surface area contributed by atoms with E-state index in [1.165, 1.54) is 5.56 Å². The molecule has 0 fully saturated rings. The summed E-state index contributed by atoms with van der Waals surface area (Å²) in [7, 11) is 0. The highest BCUT2D eigenvalue weighted by Crippen LogP contribution is 2.29. The maximum atomic E-state index is 11.9. The number of nitrogens with two attached hydrogens (primary N) is 1. The van der Waals surface area contributed by atoms with Gasteiger partial charge in [-0.2, -0.15) is 0 Å². The summed E-state index contributed by atoms with van der Waals surface area (Å²) in [5.74, 6) is -0.448. The molecular formula is C25H26N6O. The minimum Gasteiger partial charge on any atom is -0.364 e. The number of nitrogens with zero attached hydrogens (tertiary/aromatic N) is 1. The highest BCUT2D eigenvalue weighted by atomic mass is 16.1. The first kappa shape index (κ1) is 20.1. The molecule has 5 rings (SSSR count). The molecule has 1 aromatic carbocycles. The maximum absolute atomic E-state index is 11.9. The van der Waals surface area contributed by atoms with Gasteiger partial charge in [0, 0.05) is 24.5 Å². The summed E-state index contributed by atoms with van der Waals surface area (Å²) in [5.41, 5.74) is 12.4. The van der Waals surface area contributed by atoms with Gasteiger partial charge in [0.2, 0.25) is 0 Å². The van der Waals surface area contributed by atoms with Crippen LogP contribution in [0.3, 0.4) is 0 Å². The zero-order valence-electron chi connectivity index (χ0n) is 17.8. The van der Waals surface area contributed by atoms with Crippen molar-refractivity contribution >= 4 is 11.4 Å². The third-order valence-electron chi connectivity index (χ3n) is 5.87. The number of nitrogens with one attached hydrogen (secondary N) is 4. The number of allylic oxidation sites excluding steroid dienone is 3. The molecule has 3 aromatic rings. The number of hydrogen-bond acceptors (Lipinski definition) is 5. The monoisotopic (exact) mass is 426 g/mol. The molecule has 1 amide bonds. The van der Waals surface area contributed by atoms with Crippen molar-refractivity contribution in [3.63, 3.8) is 0 Å². The molecule has 7 heteroatoms. The average Bonchev–Trinajstić information content (AvgIpc) is 2.96.